The van der Waals surface area contributed by atoms with E-state index in [-0.39, 0.29) is 24.0 Å². The lowest BCUT2D eigenvalue weighted by atomic mass is 9.86. The number of aryl methyl sites for hydroxylation is 1. The molecule has 2 aromatic rings. The molecule has 0 fully saturated rings. The molecule has 7 nitrogen and oxygen atoms in total. The number of hydrogen-bond acceptors (Lipinski definition) is 4. The Morgan fingerprint density at radius 1 is 1.05 bits per heavy atom. The predicted octanol–water partition coefficient (Wildman–Crippen LogP) is 7.92. The molecule has 40 heavy (non-hydrogen) atoms. The van der Waals surface area contributed by atoms with E-state index in [0.29, 0.717) is 6.42 Å². The van der Waals surface area contributed by atoms with E-state index in [1.807, 2.05) is 19.1 Å². The Hall–Kier alpha value is -4.39. The van der Waals surface area contributed by atoms with Crippen LogP contribution < -0.4 is 0 Å². The molecular formula is C33H34N4O3. The Morgan fingerprint density at radius 3 is 2.48 bits per heavy atom. The van der Waals surface area contributed by atoms with Gasteiger partial charge in [-0.05, 0) is 80.2 Å². The zero-order chi connectivity index (χ0) is 28.5. The molecule has 2 aromatic heterocycles. The van der Waals surface area contributed by atoms with Crippen molar-refractivity contribution in [2.45, 2.75) is 65.7 Å². The van der Waals surface area contributed by atoms with Gasteiger partial charge in [0.15, 0.2) is 0 Å². The van der Waals surface area contributed by atoms with Gasteiger partial charge in [-0.3, -0.25) is 4.79 Å². The average Bonchev–Trinajstić information content (AvgIpc) is 3.65. The summed E-state index contributed by atoms with van der Waals surface area (Å²) in [7, 11) is 0. The van der Waals surface area contributed by atoms with Gasteiger partial charge in [0.1, 0.15) is 5.76 Å². The Bertz CT molecular complexity index is 1800. The molecule has 4 aliphatic rings. The molecule has 7 heteroatoms. The summed E-state index contributed by atoms with van der Waals surface area (Å²) in [4.78, 5) is 28.8. The van der Waals surface area contributed by atoms with Crippen LogP contribution in [0.5, 0.6) is 0 Å². The molecule has 5 heterocycles. The van der Waals surface area contributed by atoms with Gasteiger partial charge >= 0.3 is 5.97 Å². The fourth-order valence-electron chi connectivity index (χ4n) is 6.57. The third kappa shape index (κ3) is 3.83. The molecule has 0 aromatic carbocycles. The highest BCUT2D eigenvalue weighted by atomic mass is 16.4. The minimum atomic E-state index is -0.821. The minimum Gasteiger partial charge on any atom is -0.507 e. The standard InChI is InChI=1S/C33H34N4O3/c1-7-19-15(3)23-12-25-17(5)21(9-10-30(39)40)32(36-25)22-11-29(38)31-18(6)26(37-33(22)31)14-28-20(8-2)16(4)24(35-28)13-27(19)34-23/h7,11-14,17,21,36-38H,1,8-10H2,2-6H3,(H,39,40). The maximum atomic E-state index is 11.6. The Kier molecular flexibility index (Phi) is 6.06. The molecular weight excluding hydrogens is 500 g/mol. The van der Waals surface area contributed by atoms with Crippen molar-refractivity contribution in [2.24, 2.45) is 0 Å². The molecule has 8 bridgehead atoms. The summed E-state index contributed by atoms with van der Waals surface area (Å²) < 4.78 is 0. The van der Waals surface area contributed by atoms with E-state index in [1.54, 1.807) is 6.08 Å². The normalized spacial score (nSPS) is 18.8. The number of aliphatic hydroxyl groups is 1. The van der Waals surface area contributed by atoms with Crippen LogP contribution in [0.3, 0.4) is 0 Å². The molecule has 4 N–H and O–H groups in total. The average molecular weight is 535 g/mol. The molecule has 1 aliphatic carbocycles. The van der Waals surface area contributed by atoms with Crippen LogP contribution in [-0.4, -0.2) is 36.1 Å². The molecule has 6 rings (SSSR count). The Labute approximate surface area is 233 Å². The first-order valence-electron chi connectivity index (χ1n) is 13.9. The quantitative estimate of drug-likeness (QED) is 0.311. The number of nitrogens with zero attached hydrogens (tertiary/aromatic N) is 2. The molecule has 0 amide bonds. The number of nitrogens with one attached hydrogen (secondary N) is 2. The Morgan fingerprint density at radius 2 is 1.77 bits per heavy atom. The SMILES string of the molecule is C=CC1=C(C)c2cc3[nH]c(c4c5[nH]c(cc6nc(cc1n2)C(C)=C6CC)c(C)c5C(O)=C4)C(CCC(=O)O)C3C. The lowest BCUT2D eigenvalue weighted by Gasteiger charge is -2.16. The van der Waals surface area contributed by atoms with Crippen LogP contribution in [0.2, 0.25) is 0 Å². The van der Waals surface area contributed by atoms with Crippen LogP contribution in [0, 0.1) is 6.92 Å². The first kappa shape index (κ1) is 25.9. The number of aliphatic carboxylic acids is 1. The van der Waals surface area contributed by atoms with Crippen LogP contribution in [-0.2, 0) is 4.79 Å². The molecule has 0 spiro atoms. The van der Waals surface area contributed by atoms with Crippen molar-refractivity contribution >= 4 is 51.1 Å². The van der Waals surface area contributed by atoms with Gasteiger partial charge in [-0.15, -0.1) is 0 Å². The number of hydrogen-bond donors (Lipinski definition) is 4. The van der Waals surface area contributed by atoms with E-state index in [4.69, 9.17) is 9.97 Å². The van der Waals surface area contributed by atoms with Gasteiger partial charge in [-0.1, -0.05) is 26.5 Å². The van der Waals surface area contributed by atoms with Gasteiger partial charge in [0.05, 0.1) is 28.3 Å². The van der Waals surface area contributed by atoms with Crippen molar-refractivity contribution in [1.82, 2.24) is 19.9 Å². The summed E-state index contributed by atoms with van der Waals surface area (Å²) in [5, 5.41) is 20.6. The van der Waals surface area contributed by atoms with E-state index in [9.17, 15) is 15.0 Å². The summed E-state index contributed by atoms with van der Waals surface area (Å²) in [5.41, 5.74) is 14.0. The van der Waals surface area contributed by atoms with Crippen molar-refractivity contribution < 1.29 is 15.0 Å². The minimum absolute atomic E-state index is 0.0307. The van der Waals surface area contributed by atoms with Crippen LogP contribution in [0.15, 0.2) is 30.9 Å². The molecule has 2 atom stereocenters. The van der Waals surface area contributed by atoms with Crippen molar-refractivity contribution in [3.05, 3.63) is 81.7 Å². The number of rotatable bonds is 5. The van der Waals surface area contributed by atoms with Crippen molar-refractivity contribution in [3.8, 4) is 0 Å². The van der Waals surface area contributed by atoms with Gasteiger partial charge in [-0.25, -0.2) is 9.97 Å². The smallest absolute Gasteiger partial charge is 0.303 e. The van der Waals surface area contributed by atoms with E-state index < -0.39 is 5.97 Å². The van der Waals surface area contributed by atoms with Crippen LogP contribution >= 0.6 is 0 Å². The summed E-state index contributed by atoms with van der Waals surface area (Å²) in [5.74, 6) is -0.644. The molecule has 204 valence electrons. The second kappa shape index (κ2) is 9.37. The highest BCUT2D eigenvalue weighted by molar-refractivity contribution is 6.02. The first-order chi connectivity index (χ1) is 19.1. The van der Waals surface area contributed by atoms with E-state index >= 15 is 0 Å². The van der Waals surface area contributed by atoms with Gasteiger partial charge in [0.2, 0.25) is 0 Å². The third-order valence-electron chi connectivity index (χ3n) is 8.89. The highest BCUT2D eigenvalue weighted by Gasteiger charge is 2.33. The number of fused-ring (bicyclic) bond motifs is 8. The zero-order valence-corrected chi connectivity index (χ0v) is 23.6. The fraction of sp³-hybridized carbons (Fsp3) is 0.303. The summed E-state index contributed by atoms with van der Waals surface area (Å²) in [6, 6.07) is 6.19. The van der Waals surface area contributed by atoms with E-state index in [1.165, 1.54) is 5.57 Å². The van der Waals surface area contributed by atoms with Crippen molar-refractivity contribution in [3.63, 3.8) is 0 Å². The lowest BCUT2D eigenvalue weighted by Crippen LogP contribution is -2.06. The summed E-state index contributed by atoms with van der Waals surface area (Å²) >= 11 is 0. The fourth-order valence-corrected chi connectivity index (χ4v) is 6.57. The van der Waals surface area contributed by atoms with E-state index in [2.05, 4.69) is 56.4 Å². The number of H-pyrrole nitrogens is 2. The summed E-state index contributed by atoms with van der Waals surface area (Å²) in [6.45, 7) is 14.5. The first-order valence-corrected chi connectivity index (χ1v) is 13.9. The summed E-state index contributed by atoms with van der Waals surface area (Å²) in [6.07, 6.45) is 5.02. The lowest BCUT2D eigenvalue weighted by molar-refractivity contribution is -0.137. The molecule has 2 unspecified atom stereocenters. The number of carboxylic acids is 1. The number of carbonyl (C=O) groups is 1. The number of aromatic amines is 2. The van der Waals surface area contributed by atoms with Crippen LogP contribution in [0.4, 0.5) is 0 Å². The predicted molar refractivity (Wildman–Crippen MR) is 161 cm³/mol. The van der Waals surface area contributed by atoms with Gasteiger partial charge in [0.25, 0.3) is 0 Å². The van der Waals surface area contributed by atoms with Crippen LogP contribution in [0.1, 0.15) is 110 Å². The number of allylic oxidation sites excluding steroid dienone is 5. The second-order valence-electron chi connectivity index (χ2n) is 11.1. The van der Waals surface area contributed by atoms with Crippen LogP contribution in [0.25, 0.3) is 45.2 Å². The Balaban J connectivity index is 1.76. The largest absolute Gasteiger partial charge is 0.507 e. The number of carboxylic acid groups (broad SMARTS) is 1. The molecule has 3 aliphatic heterocycles. The maximum absolute atomic E-state index is 11.6. The molecule has 0 saturated heterocycles. The van der Waals surface area contributed by atoms with Crippen molar-refractivity contribution in [1.29, 1.82) is 0 Å². The monoisotopic (exact) mass is 534 g/mol. The van der Waals surface area contributed by atoms with Gasteiger partial charge < -0.3 is 20.2 Å². The number of aromatic nitrogens is 4. The maximum Gasteiger partial charge on any atom is 0.303 e. The molecule has 0 saturated carbocycles. The van der Waals surface area contributed by atoms with Crippen molar-refractivity contribution in [2.75, 3.05) is 0 Å². The van der Waals surface area contributed by atoms with Gasteiger partial charge in [-0.2, -0.15) is 0 Å². The number of aliphatic hydroxyl groups excluding tert-OH is 1. The van der Waals surface area contributed by atoms with Gasteiger partial charge in [0, 0.05) is 51.9 Å². The molecule has 0 radical (unpaired) electrons. The topological polar surface area (TPSA) is 115 Å². The third-order valence-corrected chi connectivity index (χ3v) is 8.89. The second-order valence-corrected chi connectivity index (χ2v) is 11.1. The highest BCUT2D eigenvalue weighted by Crippen LogP contribution is 2.46. The van der Waals surface area contributed by atoms with E-state index in [0.717, 1.165) is 85.0 Å². The zero-order valence-electron chi connectivity index (χ0n) is 23.6.